The third kappa shape index (κ3) is 3.81. The molecule has 6 nitrogen and oxygen atoms in total. The lowest BCUT2D eigenvalue weighted by atomic mass is 10.3. The predicted molar refractivity (Wildman–Crippen MR) is 78.0 cm³/mol. The van der Waals surface area contributed by atoms with Gasteiger partial charge in [-0.05, 0) is 43.4 Å². The third-order valence-corrected chi connectivity index (χ3v) is 5.00. The van der Waals surface area contributed by atoms with Gasteiger partial charge in [-0.25, -0.2) is 22.9 Å². The summed E-state index contributed by atoms with van der Waals surface area (Å²) in [5.41, 5.74) is 0.120. The fraction of sp³-hybridized carbons (Fsp3) is 0.0769. The van der Waals surface area contributed by atoms with Gasteiger partial charge in [-0.15, -0.1) is 0 Å². The number of carboxylic acid groups (broad SMARTS) is 1. The molecule has 1 heterocycles. The van der Waals surface area contributed by atoms with Crippen molar-refractivity contribution in [3.8, 4) is 0 Å². The second-order valence-corrected chi connectivity index (χ2v) is 6.95. The van der Waals surface area contributed by atoms with Gasteiger partial charge in [0.2, 0.25) is 10.0 Å². The van der Waals surface area contributed by atoms with Crippen molar-refractivity contribution in [3.05, 3.63) is 48.2 Å². The van der Waals surface area contributed by atoms with Gasteiger partial charge in [0.25, 0.3) is 0 Å². The van der Waals surface area contributed by atoms with Gasteiger partial charge in [-0.1, -0.05) is 11.8 Å². The minimum atomic E-state index is -3.44. The molecule has 110 valence electrons. The monoisotopic (exact) mass is 324 g/mol. The zero-order valence-corrected chi connectivity index (χ0v) is 12.6. The van der Waals surface area contributed by atoms with E-state index in [0.29, 0.717) is 5.03 Å². The van der Waals surface area contributed by atoms with E-state index in [-0.39, 0.29) is 10.5 Å². The molecule has 0 aliphatic heterocycles. The summed E-state index contributed by atoms with van der Waals surface area (Å²) in [6, 6.07) is 9.41. The van der Waals surface area contributed by atoms with E-state index in [1.54, 1.807) is 18.2 Å². The van der Waals surface area contributed by atoms with Crippen molar-refractivity contribution in [2.24, 2.45) is 0 Å². The molecule has 0 aliphatic rings. The van der Waals surface area contributed by atoms with E-state index < -0.39 is 16.0 Å². The number of aromatic carboxylic acids is 1. The van der Waals surface area contributed by atoms with Crippen LogP contribution in [0.4, 0.5) is 0 Å². The average Bonchev–Trinajstić information content (AvgIpc) is 2.48. The van der Waals surface area contributed by atoms with Crippen LogP contribution in [0.1, 0.15) is 10.4 Å². The largest absolute Gasteiger partial charge is 0.478 e. The molecule has 0 saturated heterocycles. The average molecular weight is 324 g/mol. The number of nitrogens with one attached hydrogen (secondary N) is 1. The molecule has 1 aromatic carbocycles. The van der Waals surface area contributed by atoms with Crippen molar-refractivity contribution in [1.82, 2.24) is 9.71 Å². The lowest BCUT2D eigenvalue weighted by Crippen LogP contribution is -2.18. The van der Waals surface area contributed by atoms with Crippen molar-refractivity contribution in [1.29, 1.82) is 0 Å². The van der Waals surface area contributed by atoms with E-state index in [2.05, 4.69) is 9.71 Å². The topological polar surface area (TPSA) is 96.4 Å². The van der Waals surface area contributed by atoms with Gasteiger partial charge in [0.15, 0.2) is 0 Å². The Morgan fingerprint density at radius 1 is 1.19 bits per heavy atom. The second kappa shape index (κ2) is 6.25. The molecule has 0 fully saturated rings. The lowest BCUT2D eigenvalue weighted by molar-refractivity contribution is 0.0696. The summed E-state index contributed by atoms with van der Waals surface area (Å²) in [4.78, 5) is 15.7. The SMILES string of the molecule is CNS(=O)(=O)c1ccc(Sc2ccc(C(=O)O)cn2)cc1. The van der Waals surface area contributed by atoms with Gasteiger partial charge >= 0.3 is 5.97 Å². The minimum absolute atomic E-state index is 0.120. The molecule has 0 radical (unpaired) electrons. The standard InChI is InChI=1S/C13H12N2O4S2/c1-14-21(18,19)11-5-3-10(4-6-11)20-12-7-2-9(8-15-12)13(16)17/h2-8,14H,1H3,(H,16,17). The number of carbonyl (C=O) groups is 1. The Bertz CT molecular complexity index is 741. The first kappa shape index (κ1) is 15.5. The minimum Gasteiger partial charge on any atom is -0.478 e. The van der Waals surface area contributed by atoms with Crippen molar-refractivity contribution in [2.75, 3.05) is 7.05 Å². The summed E-state index contributed by atoms with van der Waals surface area (Å²) < 4.78 is 25.4. The fourth-order valence-electron chi connectivity index (χ4n) is 1.49. The van der Waals surface area contributed by atoms with Crippen LogP contribution in [-0.2, 0) is 10.0 Å². The van der Waals surface area contributed by atoms with Crippen LogP contribution >= 0.6 is 11.8 Å². The molecule has 0 aliphatic carbocycles. The maximum Gasteiger partial charge on any atom is 0.337 e. The molecule has 0 unspecified atom stereocenters. The summed E-state index contributed by atoms with van der Waals surface area (Å²) in [5, 5.41) is 9.41. The van der Waals surface area contributed by atoms with Crippen LogP contribution in [0.25, 0.3) is 0 Å². The highest BCUT2D eigenvalue weighted by molar-refractivity contribution is 7.99. The number of sulfonamides is 1. The van der Waals surface area contributed by atoms with Crippen molar-refractivity contribution in [2.45, 2.75) is 14.8 Å². The Hall–Kier alpha value is -1.90. The van der Waals surface area contributed by atoms with Crippen LogP contribution in [0.3, 0.4) is 0 Å². The van der Waals surface area contributed by atoms with E-state index in [1.165, 1.54) is 43.2 Å². The van der Waals surface area contributed by atoms with Gasteiger partial charge in [0.1, 0.15) is 5.03 Å². The Kier molecular flexibility index (Phi) is 4.61. The fourth-order valence-corrected chi connectivity index (χ4v) is 2.98. The molecule has 1 aromatic heterocycles. The second-order valence-electron chi connectivity index (χ2n) is 3.97. The van der Waals surface area contributed by atoms with E-state index in [4.69, 9.17) is 5.11 Å². The summed E-state index contributed by atoms with van der Waals surface area (Å²) in [5.74, 6) is -1.03. The van der Waals surface area contributed by atoms with Gasteiger partial charge in [0, 0.05) is 11.1 Å². The van der Waals surface area contributed by atoms with Crippen LogP contribution in [0.2, 0.25) is 0 Å². The van der Waals surface area contributed by atoms with Gasteiger partial charge in [0.05, 0.1) is 10.5 Å². The molecule has 2 rings (SSSR count). The molecule has 0 spiro atoms. The molecule has 2 N–H and O–H groups in total. The molecule has 21 heavy (non-hydrogen) atoms. The normalized spacial score (nSPS) is 11.3. The van der Waals surface area contributed by atoms with Gasteiger partial charge < -0.3 is 5.11 Å². The van der Waals surface area contributed by atoms with Crippen LogP contribution in [0.15, 0.2) is 57.4 Å². The number of aromatic nitrogens is 1. The maximum atomic E-state index is 11.6. The van der Waals surface area contributed by atoms with Crippen LogP contribution in [0, 0.1) is 0 Å². The Morgan fingerprint density at radius 3 is 2.33 bits per heavy atom. The van der Waals surface area contributed by atoms with E-state index in [0.717, 1.165) is 4.90 Å². The van der Waals surface area contributed by atoms with Gasteiger partial charge in [-0.3, -0.25) is 0 Å². The number of nitrogens with zero attached hydrogens (tertiary/aromatic N) is 1. The van der Waals surface area contributed by atoms with Crippen molar-refractivity contribution < 1.29 is 18.3 Å². The summed E-state index contributed by atoms with van der Waals surface area (Å²) in [6.07, 6.45) is 1.28. The predicted octanol–water partition coefficient (Wildman–Crippen LogP) is 1.84. The highest BCUT2D eigenvalue weighted by atomic mass is 32.2. The number of pyridine rings is 1. The molecular weight excluding hydrogens is 312 g/mol. The van der Waals surface area contributed by atoms with E-state index >= 15 is 0 Å². The molecule has 0 saturated carbocycles. The van der Waals surface area contributed by atoms with Crippen LogP contribution < -0.4 is 4.72 Å². The zero-order valence-electron chi connectivity index (χ0n) is 11.0. The smallest absolute Gasteiger partial charge is 0.337 e. The Balaban J connectivity index is 2.15. The maximum absolute atomic E-state index is 11.6. The summed E-state index contributed by atoms with van der Waals surface area (Å²) >= 11 is 1.32. The molecule has 8 heteroatoms. The Morgan fingerprint density at radius 2 is 1.86 bits per heavy atom. The lowest BCUT2D eigenvalue weighted by Gasteiger charge is -2.04. The third-order valence-electron chi connectivity index (χ3n) is 2.61. The number of benzene rings is 1. The number of hydrogen-bond acceptors (Lipinski definition) is 5. The first-order chi connectivity index (χ1) is 9.92. The summed E-state index contributed by atoms with van der Waals surface area (Å²) in [6.45, 7) is 0. The van der Waals surface area contributed by atoms with E-state index in [1.807, 2.05) is 0 Å². The van der Waals surface area contributed by atoms with Crippen molar-refractivity contribution in [3.63, 3.8) is 0 Å². The first-order valence-corrected chi connectivity index (χ1v) is 8.13. The molecule has 0 amide bonds. The molecule has 0 atom stereocenters. The van der Waals surface area contributed by atoms with Gasteiger partial charge in [-0.2, -0.15) is 0 Å². The molecule has 0 bridgehead atoms. The molecular formula is C13H12N2O4S2. The highest BCUT2D eigenvalue weighted by Crippen LogP contribution is 2.26. The number of rotatable bonds is 5. The first-order valence-electron chi connectivity index (χ1n) is 5.83. The highest BCUT2D eigenvalue weighted by Gasteiger charge is 2.11. The zero-order chi connectivity index (χ0) is 15.5. The van der Waals surface area contributed by atoms with E-state index in [9.17, 15) is 13.2 Å². The summed E-state index contributed by atoms with van der Waals surface area (Å²) in [7, 11) is -2.09. The number of carboxylic acids is 1. The molecule has 2 aromatic rings. The van der Waals surface area contributed by atoms with Crippen molar-refractivity contribution >= 4 is 27.8 Å². The van der Waals surface area contributed by atoms with Crippen LogP contribution in [-0.4, -0.2) is 31.5 Å². The number of hydrogen-bond donors (Lipinski definition) is 2. The quantitative estimate of drug-likeness (QED) is 0.871. The van der Waals surface area contributed by atoms with Crippen LogP contribution in [0.5, 0.6) is 0 Å². The Labute approximate surface area is 126 Å².